The van der Waals surface area contributed by atoms with Crippen LogP contribution < -0.4 is 0 Å². The smallest absolute Gasteiger partial charge is 0.160 e. The first-order valence-electron chi connectivity index (χ1n) is 14.5. The van der Waals surface area contributed by atoms with Crippen LogP contribution in [0.2, 0.25) is 0 Å². The molecule has 1 spiro atoms. The van der Waals surface area contributed by atoms with Gasteiger partial charge in [-0.3, -0.25) is 0 Å². The second kappa shape index (κ2) is 7.53. The van der Waals surface area contributed by atoms with Gasteiger partial charge in [-0.05, 0) is 116 Å². The maximum absolute atomic E-state index is 4.82. The fourth-order valence-electron chi connectivity index (χ4n) is 11.1. The summed E-state index contributed by atoms with van der Waals surface area (Å²) in [5.41, 5.74) is 1.52. The van der Waals surface area contributed by atoms with Gasteiger partial charge in [0.15, 0.2) is 5.82 Å². The minimum atomic E-state index is 0.469. The van der Waals surface area contributed by atoms with Crippen molar-refractivity contribution in [2.24, 2.45) is 57.7 Å². The molecule has 10 atom stereocenters. The summed E-state index contributed by atoms with van der Waals surface area (Å²) < 4.78 is 0. The van der Waals surface area contributed by atoms with E-state index in [1.807, 2.05) is 6.92 Å². The fraction of sp³-hybridized carbons (Fsp3) is 0.966. The zero-order valence-electron chi connectivity index (χ0n) is 22.2. The number of hydrogen-bond acceptors (Lipinski definition) is 3. The largest absolute Gasteiger partial charge is 0.171 e. The number of hydrogen-bond donors (Lipinski definition) is 0. The predicted octanol–water partition coefficient (Wildman–Crippen LogP) is 7.25. The Morgan fingerprint density at radius 1 is 1.00 bits per heavy atom. The molecule has 33 heavy (non-hydrogen) atoms. The monoisotopic (exact) mass is 452 g/mol. The van der Waals surface area contributed by atoms with Crippen LogP contribution in [0.15, 0.2) is 0 Å². The lowest BCUT2D eigenvalue weighted by Crippen LogP contribution is -2.55. The molecule has 0 radical (unpaired) electrons. The van der Waals surface area contributed by atoms with Crippen LogP contribution in [-0.2, 0) is 0 Å². The second-order valence-electron chi connectivity index (χ2n) is 14.2. The zero-order chi connectivity index (χ0) is 23.2. The molecular weight excluding hydrogens is 404 g/mol. The first-order valence-corrected chi connectivity index (χ1v) is 14.5. The SMILES string of the molecule is Cc1nnn([C@@H]2C[C@H]3[C@@H]4CC[C@H]([C@H](C)CCCC(C)C)[C@@]4(C)CC[C@@H]3[C@@]3(C)CC[C@@H]4C[C@]423)n1. The summed E-state index contributed by atoms with van der Waals surface area (Å²) in [6.07, 6.45) is 15.8. The molecule has 4 nitrogen and oxygen atoms in total. The van der Waals surface area contributed by atoms with Crippen LogP contribution >= 0.6 is 0 Å². The Labute approximate surface area is 202 Å². The molecule has 5 aliphatic carbocycles. The van der Waals surface area contributed by atoms with Crippen molar-refractivity contribution in [2.45, 2.75) is 118 Å². The van der Waals surface area contributed by atoms with Gasteiger partial charge in [-0.15, -0.1) is 10.2 Å². The van der Waals surface area contributed by atoms with E-state index in [1.54, 1.807) is 0 Å². The Hall–Kier alpha value is -0.930. The van der Waals surface area contributed by atoms with Crippen LogP contribution in [0.3, 0.4) is 0 Å². The highest BCUT2D eigenvalue weighted by Crippen LogP contribution is 2.84. The summed E-state index contributed by atoms with van der Waals surface area (Å²) in [6, 6.07) is 0.488. The van der Waals surface area contributed by atoms with E-state index >= 15 is 0 Å². The summed E-state index contributed by atoms with van der Waals surface area (Å²) in [7, 11) is 0. The van der Waals surface area contributed by atoms with Gasteiger partial charge >= 0.3 is 0 Å². The molecule has 0 aromatic carbocycles. The molecule has 5 aliphatic rings. The Morgan fingerprint density at radius 2 is 1.82 bits per heavy atom. The Bertz CT molecular complexity index is 892. The van der Waals surface area contributed by atoms with E-state index in [0.717, 1.165) is 47.2 Å². The normalized spacial score (nSPS) is 48.8. The third-order valence-electron chi connectivity index (χ3n) is 12.6. The lowest BCUT2D eigenvalue weighted by atomic mass is 9.45. The second-order valence-corrected chi connectivity index (χ2v) is 14.2. The molecule has 1 heterocycles. The molecule has 6 rings (SSSR count). The van der Waals surface area contributed by atoms with Gasteiger partial charge < -0.3 is 0 Å². The van der Waals surface area contributed by atoms with Crippen molar-refractivity contribution in [3.8, 4) is 0 Å². The molecule has 1 aromatic heterocycles. The molecular formula is C29H48N4. The average Bonchev–Trinajstić information content (AvgIpc) is 3.01. The van der Waals surface area contributed by atoms with Crippen molar-refractivity contribution in [3.63, 3.8) is 0 Å². The van der Waals surface area contributed by atoms with Crippen LogP contribution in [0.4, 0.5) is 0 Å². The van der Waals surface area contributed by atoms with E-state index in [-0.39, 0.29) is 0 Å². The number of aromatic nitrogens is 4. The average molecular weight is 453 g/mol. The van der Waals surface area contributed by atoms with Gasteiger partial charge in [0, 0.05) is 5.41 Å². The number of rotatable bonds is 6. The highest BCUT2D eigenvalue weighted by Gasteiger charge is 2.78. The maximum atomic E-state index is 4.82. The molecule has 0 bridgehead atoms. The van der Waals surface area contributed by atoms with E-state index in [0.29, 0.717) is 22.3 Å². The number of fused-ring (bicyclic) bond motifs is 4. The quantitative estimate of drug-likeness (QED) is 0.456. The van der Waals surface area contributed by atoms with Crippen molar-refractivity contribution in [2.75, 3.05) is 0 Å². The Balaban J connectivity index is 1.28. The van der Waals surface area contributed by atoms with E-state index < -0.39 is 0 Å². The minimum absolute atomic E-state index is 0.469. The van der Waals surface area contributed by atoms with E-state index in [2.05, 4.69) is 49.7 Å². The van der Waals surface area contributed by atoms with Gasteiger partial charge in [0.25, 0.3) is 0 Å². The molecule has 1 aromatic rings. The molecule has 0 amide bonds. The van der Waals surface area contributed by atoms with E-state index in [4.69, 9.17) is 5.10 Å². The minimum Gasteiger partial charge on any atom is -0.160 e. The molecule has 0 aliphatic heterocycles. The van der Waals surface area contributed by atoms with E-state index in [9.17, 15) is 0 Å². The summed E-state index contributed by atoms with van der Waals surface area (Å²) in [4.78, 5) is 2.10. The van der Waals surface area contributed by atoms with Gasteiger partial charge in [-0.1, -0.05) is 53.9 Å². The lowest BCUT2D eigenvalue weighted by molar-refractivity contribution is -0.128. The molecule has 5 saturated carbocycles. The first kappa shape index (κ1) is 22.5. The van der Waals surface area contributed by atoms with Gasteiger partial charge in [0.1, 0.15) is 0 Å². The number of tetrazole rings is 1. The summed E-state index contributed by atoms with van der Waals surface area (Å²) in [6.45, 7) is 14.8. The van der Waals surface area contributed by atoms with Crippen molar-refractivity contribution < 1.29 is 0 Å². The molecule has 0 N–H and O–H groups in total. The van der Waals surface area contributed by atoms with Crippen LogP contribution in [0.5, 0.6) is 0 Å². The predicted molar refractivity (Wildman–Crippen MR) is 132 cm³/mol. The highest BCUT2D eigenvalue weighted by atomic mass is 15.6. The summed E-state index contributed by atoms with van der Waals surface area (Å²) in [5.74, 6) is 7.13. The topological polar surface area (TPSA) is 43.6 Å². The highest BCUT2D eigenvalue weighted by molar-refractivity contribution is 5.26. The van der Waals surface area contributed by atoms with Crippen molar-refractivity contribution in [1.29, 1.82) is 0 Å². The van der Waals surface area contributed by atoms with Crippen LogP contribution in [0, 0.1) is 64.6 Å². The Kier molecular flexibility index (Phi) is 5.14. The van der Waals surface area contributed by atoms with Crippen molar-refractivity contribution in [1.82, 2.24) is 20.2 Å². The summed E-state index contributed by atoms with van der Waals surface area (Å²) >= 11 is 0. The van der Waals surface area contributed by atoms with Gasteiger partial charge in [0.2, 0.25) is 0 Å². The molecule has 184 valence electrons. The van der Waals surface area contributed by atoms with Crippen LogP contribution in [0.1, 0.15) is 117 Å². The molecule has 4 heteroatoms. The summed E-state index contributed by atoms with van der Waals surface area (Å²) in [5, 5.41) is 13.8. The lowest BCUT2D eigenvalue weighted by Gasteiger charge is -2.61. The van der Waals surface area contributed by atoms with Crippen molar-refractivity contribution >= 4 is 0 Å². The third kappa shape index (κ3) is 3.03. The first-order chi connectivity index (χ1) is 15.7. The van der Waals surface area contributed by atoms with Crippen LogP contribution in [-0.4, -0.2) is 20.2 Å². The fourth-order valence-corrected chi connectivity index (χ4v) is 11.1. The molecule has 0 unspecified atom stereocenters. The third-order valence-corrected chi connectivity index (χ3v) is 12.6. The van der Waals surface area contributed by atoms with E-state index in [1.165, 1.54) is 70.6 Å². The van der Waals surface area contributed by atoms with Gasteiger partial charge in [-0.25, -0.2) is 0 Å². The van der Waals surface area contributed by atoms with Gasteiger partial charge in [-0.2, -0.15) is 4.80 Å². The zero-order valence-corrected chi connectivity index (χ0v) is 22.2. The van der Waals surface area contributed by atoms with Crippen molar-refractivity contribution in [3.05, 3.63) is 5.82 Å². The molecule has 0 saturated heterocycles. The standard InChI is InChI=1S/C29H48N4/c1-18(2)8-7-9-19(3)23-10-11-24-22-16-26(33-31-20(4)30-32-33)29-17-21(29)12-15-28(29,6)25(22)13-14-27(23,24)5/h18-19,21-26H,7-17H2,1-6H3/t19-,21-,22+,23-,24+,25+,26-,27-,28-,29+/m1/s1. The Morgan fingerprint density at radius 3 is 2.52 bits per heavy atom. The number of nitrogens with zero attached hydrogens (tertiary/aromatic N) is 4. The maximum Gasteiger partial charge on any atom is 0.171 e. The molecule has 5 fully saturated rings. The van der Waals surface area contributed by atoms with Gasteiger partial charge in [0.05, 0.1) is 6.04 Å². The number of aryl methyl sites for hydroxylation is 1. The van der Waals surface area contributed by atoms with Crippen LogP contribution in [0.25, 0.3) is 0 Å².